The van der Waals surface area contributed by atoms with Crippen LogP contribution in [0.2, 0.25) is 0 Å². The zero-order valence-electron chi connectivity index (χ0n) is 12.7. The van der Waals surface area contributed by atoms with Crippen LogP contribution in [0.1, 0.15) is 39.4 Å². The first-order valence-corrected chi connectivity index (χ1v) is 6.51. The van der Waals surface area contributed by atoms with E-state index in [0.717, 1.165) is 0 Å². The molecular weight excluding hydrogens is 276 g/mol. The fourth-order valence-corrected chi connectivity index (χ4v) is 2.33. The van der Waals surface area contributed by atoms with Crippen LogP contribution in [0, 0.1) is 0 Å². The first-order valence-electron chi connectivity index (χ1n) is 6.51. The number of methoxy groups -OCH3 is 1. The number of hydrogen-bond acceptors (Lipinski definition) is 6. The normalized spacial score (nSPS) is 18.4. The molecule has 0 saturated carbocycles. The highest BCUT2D eigenvalue weighted by Gasteiger charge is 2.46. The van der Waals surface area contributed by atoms with E-state index < -0.39 is 23.6 Å². The number of esters is 2. The van der Waals surface area contributed by atoms with Crippen LogP contribution in [-0.2, 0) is 14.3 Å². The molecule has 1 aromatic rings. The maximum Gasteiger partial charge on any atom is 0.308 e. The van der Waals surface area contributed by atoms with Crippen LogP contribution in [0.15, 0.2) is 12.1 Å². The Kier molecular flexibility index (Phi) is 3.80. The lowest BCUT2D eigenvalue weighted by atomic mass is 9.96. The molecule has 0 aromatic heterocycles. The lowest BCUT2D eigenvalue weighted by Crippen LogP contribution is -2.33. The van der Waals surface area contributed by atoms with Crippen LogP contribution in [0.5, 0.6) is 17.2 Å². The van der Waals surface area contributed by atoms with Crippen molar-refractivity contribution < 1.29 is 28.5 Å². The summed E-state index contributed by atoms with van der Waals surface area (Å²) in [6, 6.07) is 3.25. The molecule has 1 atom stereocenters. The second-order valence-electron chi connectivity index (χ2n) is 5.33. The summed E-state index contributed by atoms with van der Waals surface area (Å²) in [6.07, 6.45) is -0.662. The summed E-state index contributed by atoms with van der Waals surface area (Å²) >= 11 is 0. The topological polar surface area (TPSA) is 71.1 Å². The predicted molar refractivity (Wildman–Crippen MR) is 73.5 cm³/mol. The van der Waals surface area contributed by atoms with Gasteiger partial charge in [0.2, 0.25) is 0 Å². The Morgan fingerprint density at radius 3 is 2.38 bits per heavy atom. The Hall–Kier alpha value is -2.24. The smallest absolute Gasteiger partial charge is 0.308 e. The molecule has 114 valence electrons. The minimum Gasteiger partial charge on any atom is -0.496 e. The molecule has 21 heavy (non-hydrogen) atoms. The Morgan fingerprint density at radius 2 is 1.86 bits per heavy atom. The zero-order valence-corrected chi connectivity index (χ0v) is 12.7. The summed E-state index contributed by atoms with van der Waals surface area (Å²) in [4.78, 5) is 22.6. The molecule has 0 amide bonds. The number of rotatable bonds is 3. The fraction of sp³-hybridized carbons (Fsp3) is 0.467. The average molecular weight is 294 g/mol. The lowest BCUT2D eigenvalue weighted by Gasteiger charge is -2.25. The third-order valence-electron chi connectivity index (χ3n) is 3.12. The predicted octanol–water partition coefficient (Wildman–Crippen LogP) is 2.40. The molecule has 0 N–H and O–H groups in total. The summed E-state index contributed by atoms with van der Waals surface area (Å²) in [7, 11) is 1.50. The van der Waals surface area contributed by atoms with Crippen molar-refractivity contribution in [2.45, 2.75) is 39.4 Å². The van der Waals surface area contributed by atoms with E-state index in [1.54, 1.807) is 26.0 Å². The average Bonchev–Trinajstić information content (AvgIpc) is 2.59. The molecule has 6 heteroatoms. The summed E-state index contributed by atoms with van der Waals surface area (Å²) < 4.78 is 21.6. The maximum atomic E-state index is 11.3. The molecule has 0 spiro atoms. The Balaban J connectivity index is 2.56. The van der Waals surface area contributed by atoms with Crippen LogP contribution in [0.4, 0.5) is 0 Å². The minimum atomic E-state index is -0.769. The largest absolute Gasteiger partial charge is 0.496 e. The van der Waals surface area contributed by atoms with Crippen LogP contribution >= 0.6 is 0 Å². The highest BCUT2D eigenvalue weighted by Crippen LogP contribution is 2.51. The number of fused-ring (bicyclic) bond motifs is 1. The van der Waals surface area contributed by atoms with Crippen molar-refractivity contribution in [2.24, 2.45) is 0 Å². The molecule has 0 aliphatic carbocycles. The van der Waals surface area contributed by atoms with Gasteiger partial charge in [-0.2, -0.15) is 0 Å². The van der Waals surface area contributed by atoms with Gasteiger partial charge < -0.3 is 18.9 Å². The number of hydrogen-bond donors (Lipinski definition) is 0. The van der Waals surface area contributed by atoms with Gasteiger partial charge in [0, 0.05) is 26.0 Å². The zero-order chi connectivity index (χ0) is 15.8. The van der Waals surface area contributed by atoms with Gasteiger partial charge in [0.1, 0.15) is 22.8 Å². The molecule has 6 nitrogen and oxygen atoms in total. The van der Waals surface area contributed by atoms with E-state index >= 15 is 0 Å². The van der Waals surface area contributed by atoms with Gasteiger partial charge >= 0.3 is 11.9 Å². The number of carbonyl (C=O) groups excluding carboxylic acids is 2. The molecule has 2 rings (SSSR count). The van der Waals surface area contributed by atoms with Gasteiger partial charge in [-0.25, -0.2) is 0 Å². The van der Waals surface area contributed by atoms with Crippen molar-refractivity contribution in [1.29, 1.82) is 0 Å². The van der Waals surface area contributed by atoms with Gasteiger partial charge in [-0.3, -0.25) is 9.59 Å². The quantitative estimate of drug-likeness (QED) is 0.629. The van der Waals surface area contributed by atoms with Crippen molar-refractivity contribution in [3.8, 4) is 17.2 Å². The second-order valence-corrected chi connectivity index (χ2v) is 5.33. The van der Waals surface area contributed by atoms with Crippen molar-refractivity contribution in [3.63, 3.8) is 0 Å². The van der Waals surface area contributed by atoms with Crippen LogP contribution in [0.3, 0.4) is 0 Å². The fourth-order valence-electron chi connectivity index (χ4n) is 2.33. The molecular formula is C15H18O6. The monoisotopic (exact) mass is 294 g/mol. The van der Waals surface area contributed by atoms with E-state index in [9.17, 15) is 9.59 Å². The molecule has 0 fully saturated rings. The summed E-state index contributed by atoms with van der Waals surface area (Å²) in [5.74, 6) is 0.325. The lowest BCUT2D eigenvalue weighted by molar-refractivity contribution is -0.154. The summed E-state index contributed by atoms with van der Waals surface area (Å²) in [5.41, 5.74) is -0.235. The van der Waals surface area contributed by atoms with E-state index in [2.05, 4.69) is 0 Å². The molecule has 0 bridgehead atoms. The van der Waals surface area contributed by atoms with Gasteiger partial charge in [0.05, 0.1) is 12.7 Å². The van der Waals surface area contributed by atoms with E-state index in [1.807, 2.05) is 0 Å². The molecule has 1 aliphatic rings. The highest BCUT2D eigenvalue weighted by atomic mass is 16.6. The van der Waals surface area contributed by atoms with E-state index in [0.29, 0.717) is 17.1 Å². The van der Waals surface area contributed by atoms with E-state index in [4.69, 9.17) is 18.9 Å². The third-order valence-corrected chi connectivity index (χ3v) is 3.12. The van der Waals surface area contributed by atoms with Gasteiger partial charge in [0.25, 0.3) is 0 Å². The minimum absolute atomic E-state index is 0.272. The van der Waals surface area contributed by atoms with Crippen molar-refractivity contribution in [2.75, 3.05) is 7.11 Å². The first kappa shape index (κ1) is 15.2. The standard InChI is InChI=1S/C15H18O6/c1-8(16)19-11-6-10(18-5)7-12-13(11)14(20-9(2)17)15(3,4)21-12/h6-7,14H,1-5H3. The number of carbonyl (C=O) groups is 2. The Morgan fingerprint density at radius 1 is 1.19 bits per heavy atom. The van der Waals surface area contributed by atoms with Crippen molar-refractivity contribution >= 4 is 11.9 Å². The summed E-state index contributed by atoms with van der Waals surface area (Å²) in [6.45, 7) is 6.21. The van der Waals surface area contributed by atoms with Crippen LogP contribution < -0.4 is 14.2 Å². The van der Waals surface area contributed by atoms with Crippen molar-refractivity contribution in [3.05, 3.63) is 17.7 Å². The van der Waals surface area contributed by atoms with E-state index in [1.165, 1.54) is 21.0 Å². The second kappa shape index (κ2) is 5.27. The molecule has 1 heterocycles. The molecule has 1 aromatic carbocycles. The van der Waals surface area contributed by atoms with Gasteiger partial charge in [-0.1, -0.05) is 0 Å². The Bertz CT molecular complexity index is 590. The Labute approximate surface area is 122 Å². The maximum absolute atomic E-state index is 11.3. The highest BCUT2D eigenvalue weighted by molar-refractivity contribution is 5.72. The van der Waals surface area contributed by atoms with Gasteiger partial charge in [0.15, 0.2) is 6.10 Å². The molecule has 0 saturated heterocycles. The van der Waals surface area contributed by atoms with E-state index in [-0.39, 0.29) is 5.75 Å². The number of ether oxygens (including phenoxy) is 4. The van der Waals surface area contributed by atoms with Crippen LogP contribution in [0.25, 0.3) is 0 Å². The third kappa shape index (κ3) is 2.94. The molecule has 1 aliphatic heterocycles. The van der Waals surface area contributed by atoms with Gasteiger partial charge in [-0.15, -0.1) is 0 Å². The van der Waals surface area contributed by atoms with Crippen LogP contribution in [-0.4, -0.2) is 24.6 Å². The summed E-state index contributed by atoms with van der Waals surface area (Å²) in [5, 5.41) is 0. The first-order chi connectivity index (χ1) is 9.74. The molecule has 0 radical (unpaired) electrons. The molecule has 1 unspecified atom stereocenters. The number of benzene rings is 1. The van der Waals surface area contributed by atoms with Gasteiger partial charge in [-0.05, 0) is 13.8 Å². The van der Waals surface area contributed by atoms with Crippen molar-refractivity contribution in [1.82, 2.24) is 0 Å². The SMILES string of the molecule is COc1cc(OC(C)=O)c2c(c1)OC(C)(C)C2OC(C)=O.